The minimum Gasteiger partial charge on any atom is -0.393 e. The monoisotopic (exact) mass is 361 g/mol. The number of aliphatic hydroxyl groups is 2. The van der Waals surface area contributed by atoms with E-state index in [0.29, 0.717) is 0 Å². The minimum absolute atomic E-state index is 0.0243. The molecule has 1 fully saturated rings. The highest BCUT2D eigenvalue weighted by molar-refractivity contribution is 7.90. The average Bonchev–Trinajstić information content (AvgIpc) is 2.99. The predicted octanol–water partition coefficient (Wildman–Crippen LogP) is -1.37. The largest absolute Gasteiger partial charge is 0.393 e. The molecule has 24 heavy (non-hydrogen) atoms. The molecular weight excluding hydrogens is 345 g/mol. The molecule has 3 atom stereocenters. The van der Waals surface area contributed by atoms with Crippen LogP contribution in [0, 0.1) is 0 Å². The van der Waals surface area contributed by atoms with Crippen LogP contribution in [0.1, 0.15) is 18.7 Å². The number of imidazole rings is 1. The van der Waals surface area contributed by atoms with Gasteiger partial charge in [0.1, 0.15) is 11.7 Å². The molecule has 1 saturated heterocycles. The van der Waals surface area contributed by atoms with Crippen LogP contribution in [0.5, 0.6) is 0 Å². The molecule has 2 aromatic heterocycles. The van der Waals surface area contributed by atoms with E-state index in [1.807, 2.05) is 0 Å². The zero-order valence-corrected chi connectivity index (χ0v) is 13.7. The summed E-state index contributed by atoms with van der Waals surface area (Å²) < 4.78 is 44.7. The standard InChI is InChI=1S/C12H16FN5O5S/c1-11(13)7(23-5-12(11,20)4-19)6-3-15-9-8(14)16-10(17-18(6)9)24(2,21)22/h3,7,19-20H,4-5H2,1-2H3,(H2,14,16,17)/t7-,11-,12+/m0/s1. The SMILES string of the molecule is C[C@]1(F)[C@H](c2cnc3c(N)nc(S(C)(=O)=O)nn23)OC[C@]1(O)CO. The summed E-state index contributed by atoms with van der Waals surface area (Å²) >= 11 is 0. The zero-order chi connectivity index (χ0) is 17.9. The Balaban J connectivity index is 2.20. The molecule has 0 amide bonds. The van der Waals surface area contributed by atoms with Gasteiger partial charge in [-0.3, -0.25) is 0 Å². The number of hydrogen-bond acceptors (Lipinski definition) is 9. The van der Waals surface area contributed by atoms with Crippen molar-refractivity contribution in [3.63, 3.8) is 0 Å². The van der Waals surface area contributed by atoms with Gasteiger partial charge < -0.3 is 20.7 Å². The number of rotatable bonds is 3. The van der Waals surface area contributed by atoms with Gasteiger partial charge >= 0.3 is 0 Å². The number of anilines is 1. The lowest BCUT2D eigenvalue weighted by atomic mass is 9.84. The van der Waals surface area contributed by atoms with Gasteiger partial charge in [0.15, 0.2) is 17.1 Å². The molecule has 2 aromatic rings. The van der Waals surface area contributed by atoms with E-state index in [0.717, 1.165) is 17.7 Å². The maximum absolute atomic E-state index is 15.1. The third-order valence-corrected chi connectivity index (χ3v) is 4.98. The van der Waals surface area contributed by atoms with E-state index < -0.39 is 45.6 Å². The average molecular weight is 361 g/mol. The Morgan fingerprint density at radius 1 is 1.58 bits per heavy atom. The third-order valence-electron chi connectivity index (χ3n) is 4.15. The maximum Gasteiger partial charge on any atom is 0.267 e. The lowest BCUT2D eigenvalue weighted by Gasteiger charge is -2.31. The molecule has 1 aliphatic rings. The fraction of sp³-hybridized carbons (Fsp3) is 0.583. The highest BCUT2D eigenvalue weighted by Gasteiger charge is 2.60. The Morgan fingerprint density at radius 2 is 2.25 bits per heavy atom. The summed E-state index contributed by atoms with van der Waals surface area (Å²) in [4.78, 5) is 7.62. The number of nitrogens with zero attached hydrogens (tertiary/aromatic N) is 4. The van der Waals surface area contributed by atoms with Gasteiger partial charge in [-0.1, -0.05) is 0 Å². The number of nitrogens with two attached hydrogens (primary N) is 1. The van der Waals surface area contributed by atoms with Gasteiger partial charge in [-0.15, -0.1) is 5.10 Å². The number of alkyl halides is 1. The van der Waals surface area contributed by atoms with Crippen LogP contribution in [0.3, 0.4) is 0 Å². The molecule has 0 aliphatic carbocycles. The number of halogens is 1. The molecule has 0 bridgehead atoms. The highest BCUT2D eigenvalue weighted by atomic mass is 32.2. The van der Waals surface area contributed by atoms with E-state index in [4.69, 9.17) is 10.5 Å². The summed E-state index contributed by atoms with van der Waals surface area (Å²) in [5, 5.41) is 22.7. The van der Waals surface area contributed by atoms with Crippen molar-refractivity contribution in [2.75, 3.05) is 25.2 Å². The first kappa shape index (κ1) is 17.0. The molecule has 4 N–H and O–H groups in total. The predicted molar refractivity (Wildman–Crippen MR) is 78.5 cm³/mol. The van der Waals surface area contributed by atoms with Crippen LogP contribution >= 0.6 is 0 Å². The Bertz CT molecular complexity index is 914. The molecule has 132 valence electrons. The molecule has 0 saturated carbocycles. The Kier molecular flexibility index (Phi) is 3.57. The summed E-state index contributed by atoms with van der Waals surface area (Å²) in [5.74, 6) is -0.201. The van der Waals surface area contributed by atoms with Gasteiger partial charge in [-0.25, -0.2) is 22.3 Å². The topological polar surface area (TPSA) is 153 Å². The summed E-state index contributed by atoms with van der Waals surface area (Å²) in [6, 6.07) is 0. The fourth-order valence-electron chi connectivity index (χ4n) is 2.56. The fourth-order valence-corrected chi connectivity index (χ4v) is 3.06. The van der Waals surface area contributed by atoms with Crippen LogP contribution < -0.4 is 5.73 Å². The molecule has 3 rings (SSSR count). The van der Waals surface area contributed by atoms with Gasteiger partial charge in [0.05, 0.1) is 25.1 Å². The first-order chi connectivity index (χ1) is 11.0. The highest BCUT2D eigenvalue weighted by Crippen LogP contribution is 2.46. The molecule has 0 unspecified atom stereocenters. The normalized spacial score (nSPS) is 31.0. The van der Waals surface area contributed by atoms with E-state index in [1.165, 1.54) is 6.20 Å². The second-order valence-corrected chi connectivity index (χ2v) is 7.84. The van der Waals surface area contributed by atoms with Gasteiger partial charge in [0.25, 0.3) is 5.16 Å². The van der Waals surface area contributed by atoms with Crippen LogP contribution in [0.4, 0.5) is 10.2 Å². The summed E-state index contributed by atoms with van der Waals surface area (Å²) in [5.41, 5.74) is 1.27. The molecule has 12 heteroatoms. The molecule has 1 aliphatic heterocycles. The van der Waals surface area contributed by atoms with E-state index >= 15 is 4.39 Å². The van der Waals surface area contributed by atoms with Crippen molar-refractivity contribution in [1.82, 2.24) is 19.6 Å². The molecule has 0 aromatic carbocycles. The van der Waals surface area contributed by atoms with Crippen molar-refractivity contribution >= 4 is 21.3 Å². The minimum atomic E-state index is -3.77. The van der Waals surface area contributed by atoms with E-state index in [2.05, 4.69) is 15.1 Å². The maximum atomic E-state index is 15.1. The van der Waals surface area contributed by atoms with E-state index in [-0.39, 0.29) is 17.2 Å². The Labute approximate surface area is 136 Å². The first-order valence-corrected chi connectivity index (χ1v) is 8.75. The second-order valence-electron chi connectivity index (χ2n) is 5.93. The summed E-state index contributed by atoms with van der Waals surface area (Å²) in [6.07, 6.45) is 0.768. The number of fused-ring (bicyclic) bond motifs is 1. The lowest BCUT2D eigenvalue weighted by Crippen LogP contribution is -2.51. The smallest absolute Gasteiger partial charge is 0.267 e. The molecule has 0 radical (unpaired) electrons. The molecular formula is C12H16FN5O5S. The number of aromatic nitrogens is 4. The summed E-state index contributed by atoms with van der Waals surface area (Å²) in [7, 11) is -3.77. The van der Waals surface area contributed by atoms with Gasteiger partial charge in [-0.2, -0.15) is 4.98 Å². The van der Waals surface area contributed by atoms with E-state index in [9.17, 15) is 18.6 Å². The number of nitrogen functional groups attached to an aromatic ring is 1. The van der Waals surface area contributed by atoms with Gasteiger partial charge in [-0.05, 0) is 6.92 Å². The molecule has 10 nitrogen and oxygen atoms in total. The number of sulfone groups is 1. The van der Waals surface area contributed by atoms with Crippen molar-refractivity contribution in [2.24, 2.45) is 0 Å². The zero-order valence-electron chi connectivity index (χ0n) is 12.8. The van der Waals surface area contributed by atoms with Crippen molar-refractivity contribution in [2.45, 2.75) is 29.5 Å². The van der Waals surface area contributed by atoms with Crippen LogP contribution in [0.2, 0.25) is 0 Å². The van der Waals surface area contributed by atoms with Crippen LogP contribution in [-0.4, -0.2) is 69.0 Å². The Hall–Kier alpha value is -1.89. The number of hydrogen-bond donors (Lipinski definition) is 3. The van der Waals surface area contributed by atoms with Crippen molar-refractivity contribution < 1.29 is 27.8 Å². The Morgan fingerprint density at radius 3 is 2.79 bits per heavy atom. The van der Waals surface area contributed by atoms with Crippen LogP contribution in [-0.2, 0) is 14.6 Å². The van der Waals surface area contributed by atoms with Crippen LogP contribution in [0.25, 0.3) is 5.65 Å². The molecule has 3 heterocycles. The van der Waals surface area contributed by atoms with Crippen LogP contribution in [0.15, 0.2) is 11.4 Å². The van der Waals surface area contributed by atoms with Crippen molar-refractivity contribution in [3.05, 3.63) is 11.9 Å². The number of aliphatic hydroxyl groups excluding tert-OH is 1. The van der Waals surface area contributed by atoms with Gasteiger partial charge in [0, 0.05) is 6.26 Å². The lowest BCUT2D eigenvalue weighted by molar-refractivity contribution is -0.100. The van der Waals surface area contributed by atoms with Crippen molar-refractivity contribution in [1.29, 1.82) is 0 Å². The summed E-state index contributed by atoms with van der Waals surface area (Å²) in [6.45, 7) is -0.227. The van der Waals surface area contributed by atoms with Crippen molar-refractivity contribution in [3.8, 4) is 0 Å². The van der Waals surface area contributed by atoms with Gasteiger partial charge in [0.2, 0.25) is 9.84 Å². The quantitative estimate of drug-likeness (QED) is 0.601. The third kappa shape index (κ3) is 2.25. The van der Waals surface area contributed by atoms with E-state index in [1.54, 1.807) is 0 Å². The second kappa shape index (κ2) is 5.05. The number of ether oxygens (including phenoxy) is 1. The molecule has 0 spiro atoms. The first-order valence-electron chi connectivity index (χ1n) is 6.86.